The van der Waals surface area contributed by atoms with E-state index in [2.05, 4.69) is 22.6 Å². The maximum Gasteiger partial charge on any atom is 0.335 e. The van der Waals surface area contributed by atoms with Crippen molar-refractivity contribution in [1.82, 2.24) is 4.90 Å². The van der Waals surface area contributed by atoms with E-state index in [0.29, 0.717) is 38.7 Å². The molecule has 0 radical (unpaired) electrons. The van der Waals surface area contributed by atoms with E-state index in [1.165, 1.54) is 12.1 Å². The number of hydrogen-bond donors (Lipinski definition) is 1. The maximum atomic E-state index is 12.5. The molecule has 0 saturated carbocycles. The van der Waals surface area contributed by atoms with Crippen molar-refractivity contribution >= 4 is 40.5 Å². The summed E-state index contributed by atoms with van der Waals surface area (Å²) in [5.74, 6) is -0.599. The van der Waals surface area contributed by atoms with E-state index in [1.54, 1.807) is 35.2 Å². The molecule has 1 fully saturated rings. The summed E-state index contributed by atoms with van der Waals surface area (Å²) in [4.78, 5) is 25.1. The summed E-state index contributed by atoms with van der Waals surface area (Å²) in [6.45, 7) is 2.22. The quantitative estimate of drug-likeness (QED) is 0.358. The predicted molar refractivity (Wildman–Crippen MR) is 118 cm³/mol. The van der Waals surface area contributed by atoms with Gasteiger partial charge in [0.1, 0.15) is 24.0 Å². The van der Waals surface area contributed by atoms with Gasteiger partial charge in [-0.05, 0) is 64.1 Å². The monoisotopic (exact) mass is 518 g/mol. The first-order chi connectivity index (χ1) is 14.5. The Labute approximate surface area is 187 Å². The number of aromatic carboxylic acids is 1. The van der Waals surface area contributed by atoms with Crippen LogP contribution in [-0.2, 0) is 16.1 Å². The molecule has 154 valence electrons. The Balaban J connectivity index is 1.67. The molecule has 0 unspecified atom stereocenters. The summed E-state index contributed by atoms with van der Waals surface area (Å²) in [5, 5.41) is 18.4. The van der Waals surface area contributed by atoms with Gasteiger partial charge in [0.05, 0.1) is 22.3 Å². The Hall–Kier alpha value is -2.90. The lowest BCUT2D eigenvalue weighted by molar-refractivity contribution is -0.130. The van der Waals surface area contributed by atoms with E-state index in [-0.39, 0.29) is 17.0 Å². The van der Waals surface area contributed by atoms with Gasteiger partial charge in [-0.3, -0.25) is 4.79 Å². The summed E-state index contributed by atoms with van der Waals surface area (Å²) in [6.07, 6.45) is 1.58. The van der Waals surface area contributed by atoms with Crippen LogP contribution in [0.1, 0.15) is 21.5 Å². The fourth-order valence-corrected chi connectivity index (χ4v) is 3.57. The van der Waals surface area contributed by atoms with Gasteiger partial charge in [0.25, 0.3) is 5.91 Å². The molecule has 0 bridgehead atoms. The van der Waals surface area contributed by atoms with Crippen LogP contribution in [-0.4, -0.2) is 48.2 Å². The Morgan fingerprint density at radius 3 is 2.50 bits per heavy atom. The van der Waals surface area contributed by atoms with Crippen molar-refractivity contribution in [2.24, 2.45) is 0 Å². The number of amides is 1. The van der Waals surface area contributed by atoms with Crippen LogP contribution >= 0.6 is 22.6 Å². The predicted octanol–water partition coefficient (Wildman–Crippen LogP) is 3.33. The number of benzene rings is 2. The third kappa shape index (κ3) is 5.58. The summed E-state index contributed by atoms with van der Waals surface area (Å²) < 4.78 is 11.9. The molecule has 1 heterocycles. The van der Waals surface area contributed by atoms with E-state index in [1.807, 2.05) is 12.1 Å². The molecule has 0 atom stereocenters. The zero-order chi connectivity index (χ0) is 21.5. The molecule has 0 spiro atoms. The van der Waals surface area contributed by atoms with Gasteiger partial charge in [0.2, 0.25) is 0 Å². The zero-order valence-electron chi connectivity index (χ0n) is 16.0. The zero-order valence-corrected chi connectivity index (χ0v) is 18.2. The molecule has 1 amide bonds. The number of ether oxygens (including phenoxy) is 2. The van der Waals surface area contributed by atoms with Crippen LogP contribution in [0.4, 0.5) is 0 Å². The fourth-order valence-electron chi connectivity index (χ4n) is 2.87. The molecule has 3 rings (SSSR count). The molecule has 30 heavy (non-hydrogen) atoms. The highest BCUT2D eigenvalue weighted by Gasteiger charge is 2.20. The number of nitriles is 1. The van der Waals surface area contributed by atoms with Crippen LogP contribution in [0.2, 0.25) is 0 Å². The lowest BCUT2D eigenvalue weighted by Gasteiger charge is -2.26. The molecule has 0 aromatic heterocycles. The standard InChI is InChI=1S/C22H19IN2O5/c23-19-12-16(11-18(13-24)21(26)25-7-9-29-10-8-25)3-6-20(19)30-14-15-1-4-17(5-2-15)22(27)28/h1-6,11-12H,7-10,14H2,(H,27,28)/b18-11+. The molecule has 1 saturated heterocycles. The first-order valence-corrected chi connectivity index (χ1v) is 10.3. The second-order valence-corrected chi connectivity index (χ2v) is 7.72. The highest BCUT2D eigenvalue weighted by atomic mass is 127. The largest absolute Gasteiger partial charge is 0.488 e. The Morgan fingerprint density at radius 1 is 1.20 bits per heavy atom. The highest BCUT2D eigenvalue weighted by molar-refractivity contribution is 14.1. The van der Waals surface area contributed by atoms with Crippen LogP contribution in [0, 0.1) is 14.9 Å². The average Bonchev–Trinajstić information content (AvgIpc) is 2.77. The van der Waals surface area contributed by atoms with Gasteiger partial charge < -0.3 is 19.5 Å². The van der Waals surface area contributed by atoms with E-state index >= 15 is 0 Å². The minimum absolute atomic E-state index is 0.0832. The van der Waals surface area contributed by atoms with Crippen molar-refractivity contribution in [2.45, 2.75) is 6.61 Å². The number of carboxylic acids is 1. The van der Waals surface area contributed by atoms with Crippen molar-refractivity contribution in [2.75, 3.05) is 26.3 Å². The van der Waals surface area contributed by atoms with Crippen LogP contribution in [0.25, 0.3) is 6.08 Å². The molecule has 8 heteroatoms. The number of rotatable bonds is 6. The van der Waals surface area contributed by atoms with Crippen molar-refractivity contribution < 1.29 is 24.2 Å². The minimum atomic E-state index is -0.968. The summed E-state index contributed by atoms with van der Waals surface area (Å²) >= 11 is 2.14. The number of morpholine rings is 1. The third-order valence-corrected chi connectivity index (χ3v) is 5.35. The van der Waals surface area contributed by atoms with E-state index in [4.69, 9.17) is 14.6 Å². The Bertz CT molecular complexity index is 1010. The molecule has 2 aromatic carbocycles. The number of halogens is 1. The maximum absolute atomic E-state index is 12.5. The summed E-state index contributed by atoms with van der Waals surface area (Å²) in [7, 11) is 0. The van der Waals surface area contributed by atoms with Crippen LogP contribution in [0.3, 0.4) is 0 Å². The molecular weight excluding hydrogens is 499 g/mol. The first kappa shape index (κ1) is 21.8. The van der Waals surface area contributed by atoms with Gasteiger partial charge >= 0.3 is 5.97 Å². The normalized spacial score (nSPS) is 14.1. The number of carboxylic acid groups (broad SMARTS) is 1. The minimum Gasteiger partial charge on any atom is -0.488 e. The number of carbonyl (C=O) groups is 2. The SMILES string of the molecule is N#C/C(=C\c1ccc(OCc2ccc(C(=O)O)cc2)c(I)c1)C(=O)N1CCOCC1. The molecule has 1 N–H and O–H groups in total. The second-order valence-electron chi connectivity index (χ2n) is 6.55. The fraction of sp³-hybridized carbons (Fsp3) is 0.227. The van der Waals surface area contributed by atoms with Crippen molar-refractivity contribution in [3.8, 4) is 11.8 Å². The van der Waals surface area contributed by atoms with Gasteiger partial charge in [-0.1, -0.05) is 18.2 Å². The van der Waals surface area contributed by atoms with Crippen LogP contribution in [0.5, 0.6) is 5.75 Å². The van der Waals surface area contributed by atoms with Crippen molar-refractivity contribution in [3.63, 3.8) is 0 Å². The van der Waals surface area contributed by atoms with Gasteiger partial charge in [-0.25, -0.2) is 4.79 Å². The number of carbonyl (C=O) groups excluding carboxylic acids is 1. The Morgan fingerprint density at radius 2 is 1.90 bits per heavy atom. The van der Waals surface area contributed by atoms with Gasteiger partial charge in [-0.2, -0.15) is 5.26 Å². The van der Waals surface area contributed by atoms with Crippen LogP contribution in [0.15, 0.2) is 48.0 Å². The molecule has 0 aliphatic carbocycles. The molecule has 1 aliphatic heterocycles. The first-order valence-electron chi connectivity index (χ1n) is 9.21. The van der Waals surface area contributed by atoms with Crippen LogP contribution < -0.4 is 4.74 Å². The lowest BCUT2D eigenvalue weighted by atomic mass is 10.1. The lowest BCUT2D eigenvalue weighted by Crippen LogP contribution is -2.41. The highest BCUT2D eigenvalue weighted by Crippen LogP contribution is 2.24. The second kappa shape index (κ2) is 10.2. The van der Waals surface area contributed by atoms with Gasteiger partial charge in [-0.15, -0.1) is 0 Å². The number of nitrogens with zero attached hydrogens (tertiary/aromatic N) is 2. The van der Waals surface area contributed by atoms with Crippen molar-refractivity contribution in [1.29, 1.82) is 5.26 Å². The Kier molecular flexibility index (Phi) is 7.43. The summed E-state index contributed by atoms with van der Waals surface area (Å²) in [5.41, 5.74) is 1.89. The smallest absolute Gasteiger partial charge is 0.335 e. The van der Waals surface area contributed by atoms with E-state index < -0.39 is 5.97 Å². The van der Waals surface area contributed by atoms with Gasteiger partial charge in [0, 0.05) is 13.1 Å². The molecule has 7 nitrogen and oxygen atoms in total. The van der Waals surface area contributed by atoms with Crippen molar-refractivity contribution in [3.05, 3.63) is 68.3 Å². The third-order valence-electron chi connectivity index (χ3n) is 4.51. The van der Waals surface area contributed by atoms with E-state index in [9.17, 15) is 14.9 Å². The molecule has 2 aromatic rings. The summed E-state index contributed by atoms with van der Waals surface area (Å²) in [6, 6.07) is 13.9. The van der Waals surface area contributed by atoms with Gasteiger partial charge in [0.15, 0.2) is 0 Å². The topological polar surface area (TPSA) is 99.9 Å². The number of hydrogen-bond acceptors (Lipinski definition) is 5. The average molecular weight is 518 g/mol. The molecular formula is C22H19IN2O5. The van der Waals surface area contributed by atoms with E-state index in [0.717, 1.165) is 14.7 Å². The molecule has 1 aliphatic rings.